The van der Waals surface area contributed by atoms with Gasteiger partial charge in [0.15, 0.2) is 0 Å². The van der Waals surface area contributed by atoms with Crippen LogP contribution in [0.15, 0.2) is 30.5 Å². The Morgan fingerprint density at radius 1 is 1.14 bits per heavy atom. The summed E-state index contributed by atoms with van der Waals surface area (Å²) < 4.78 is 0. The summed E-state index contributed by atoms with van der Waals surface area (Å²) in [6.07, 6.45) is 1.45. The molecule has 0 aliphatic rings. The zero-order valence-corrected chi connectivity index (χ0v) is 15.2. The first-order valence-corrected chi connectivity index (χ1v) is 8.36. The SMILES string of the molecule is CC(=O)O.N[C@@H](Cc1c[nH]c2ccccc12)C(=O)N[C@@H](CCC(=O)O)C(=O)O. The van der Waals surface area contributed by atoms with Gasteiger partial charge >= 0.3 is 11.9 Å². The third kappa shape index (κ3) is 7.46. The highest BCUT2D eigenvalue weighted by molar-refractivity contribution is 5.88. The van der Waals surface area contributed by atoms with Crippen LogP contribution in [0.25, 0.3) is 10.9 Å². The van der Waals surface area contributed by atoms with E-state index in [1.54, 1.807) is 6.20 Å². The zero-order valence-electron chi connectivity index (χ0n) is 15.2. The molecule has 0 aliphatic heterocycles. The predicted molar refractivity (Wildman–Crippen MR) is 99.7 cm³/mol. The van der Waals surface area contributed by atoms with Crippen molar-refractivity contribution in [1.29, 1.82) is 0 Å². The Bertz CT molecular complexity index is 843. The monoisotopic (exact) mass is 393 g/mol. The second-order valence-electron chi connectivity index (χ2n) is 6.02. The number of nitrogens with two attached hydrogens (primary N) is 1. The summed E-state index contributed by atoms with van der Waals surface area (Å²) in [5.41, 5.74) is 7.64. The summed E-state index contributed by atoms with van der Waals surface area (Å²) in [7, 11) is 0. The van der Waals surface area contributed by atoms with E-state index in [2.05, 4.69) is 10.3 Å². The topological polar surface area (TPSA) is 183 Å². The van der Waals surface area contributed by atoms with Gasteiger partial charge < -0.3 is 31.4 Å². The molecule has 0 radical (unpaired) electrons. The molecule has 7 N–H and O–H groups in total. The number of aromatic nitrogens is 1. The standard InChI is InChI=1S/C16H19N3O5.C2H4O2/c17-11(7-9-8-18-12-4-2-1-3-10(9)12)15(22)19-13(16(23)24)5-6-14(20)21;1-2(3)4/h1-4,8,11,13,18H,5-7,17H2,(H,19,22)(H,20,21)(H,23,24);1H3,(H,3,4)/t11-,13-;/m0./s1. The molecule has 1 amide bonds. The molecule has 10 heteroatoms. The van der Waals surface area contributed by atoms with Crippen LogP contribution >= 0.6 is 0 Å². The number of carbonyl (C=O) groups excluding carboxylic acids is 1. The van der Waals surface area contributed by atoms with E-state index in [-0.39, 0.29) is 19.3 Å². The van der Waals surface area contributed by atoms with E-state index < -0.39 is 35.9 Å². The van der Waals surface area contributed by atoms with Crippen LogP contribution in [0.4, 0.5) is 0 Å². The Hall–Kier alpha value is -3.40. The van der Waals surface area contributed by atoms with Crippen molar-refractivity contribution in [3.05, 3.63) is 36.0 Å². The Morgan fingerprint density at radius 3 is 2.32 bits per heavy atom. The normalized spacial score (nSPS) is 12.4. The van der Waals surface area contributed by atoms with E-state index in [1.807, 2.05) is 24.3 Å². The summed E-state index contributed by atoms with van der Waals surface area (Å²) in [5.74, 6) is -3.87. The summed E-state index contributed by atoms with van der Waals surface area (Å²) >= 11 is 0. The number of hydrogen-bond donors (Lipinski definition) is 6. The van der Waals surface area contributed by atoms with E-state index in [4.69, 9.17) is 25.8 Å². The minimum atomic E-state index is -1.29. The molecule has 0 spiro atoms. The number of amides is 1. The molecule has 2 rings (SSSR count). The van der Waals surface area contributed by atoms with Gasteiger partial charge in [-0.25, -0.2) is 4.79 Å². The third-order valence-electron chi connectivity index (χ3n) is 3.71. The van der Waals surface area contributed by atoms with Crippen LogP contribution < -0.4 is 11.1 Å². The molecular formula is C18H23N3O7. The van der Waals surface area contributed by atoms with Gasteiger partial charge in [0.1, 0.15) is 6.04 Å². The van der Waals surface area contributed by atoms with Crippen LogP contribution in [0.1, 0.15) is 25.3 Å². The Labute approximate surface area is 160 Å². The molecule has 2 atom stereocenters. The van der Waals surface area contributed by atoms with Crippen LogP contribution in [0.2, 0.25) is 0 Å². The molecule has 1 aromatic carbocycles. The average molecular weight is 393 g/mol. The number of carbonyl (C=O) groups is 4. The maximum Gasteiger partial charge on any atom is 0.326 e. The molecule has 0 saturated heterocycles. The maximum atomic E-state index is 12.1. The van der Waals surface area contributed by atoms with Crippen molar-refractivity contribution < 1.29 is 34.5 Å². The van der Waals surface area contributed by atoms with E-state index >= 15 is 0 Å². The fourth-order valence-electron chi connectivity index (χ4n) is 2.43. The van der Waals surface area contributed by atoms with Gasteiger partial charge in [0.2, 0.25) is 5.91 Å². The number of fused-ring (bicyclic) bond motifs is 1. The van der Waals surface area contributed by atoms with E-state index in [0.717, 1.165) is 23.4 Å². The average Bonchev–Trinajstić information content (AvgIpc) is 3.00. The molecule has 2 aromatic rings. The molecule has 1 aromatic heterocycles. The quantitative estimate of drug-likeness (QED) is 0.376. The van der Waals surface area contributed by atoms with E-state index in [0.29, 0.717) is 0 Å². The summed E-state index contributed by atoms with van der Waals surface area (Å²) in [6.45, 7) is 1.08. The van der Waals surface area contributed by atoms with Gasteiger partial charge in [-0.05, 0) is 24.5 Å². The van der Waals surface area contributed by atoms with Crippen LogP contribution in [0.3, 0.4) is 0 Å². The molecule has 10 nitrogen and oxygen atoms in total. The van der Waals surface area contributed by atoms with Gasteiger partial charge in [0.25, 0.3) is 5.97 Å². The molecule has 28 heavy (non-hydrogen) atoms. The Kier molecular flexibility index (Phi) is 8.63. The van der Waals surface area contributed by atoms with Crippen LogP contribution in [0.5, 0.6) is 0 Å². The lowest BCUT2D eigenvalue weighted by molar-refractivity contribution is -0.143. The number of rotatable bonds is 8. The number of benzene rings is 1. The summed E-state index contributed by atoms with van der Waals surface area (Å²) in [5, 5.41) is 28.3. The van der Waals surface area contributed by atoms with Crippen LogP contribution in [0, 0.1) is 0 Å². The number of carboxylic acid groups (broad SMARTS) is 3. The minimum Gasteiger partial charge on any atom is -0.481 e. The number of para-hydroxylation sites is 1. The first kappa shape index (κ1) is 22.6. The van der Waals surface area contributed by atoms with Crippen molar-refractivity contribution in [2.24, 2.45) is 5.73 Å². The lowest BCUT2D eigenvalue weighted by Crippen LogP contribution is -2.49. The Morgan fingerprint density at radius 2 is 1.75 bits per heavy atom. The first-order valence-electron chi connectivity index (χ1n) is 8.36. The van der Waals surface area contributed by atoms with Crippen LogP contribution in [-0.4, -0.2) is 56.2 Å². The number of aromatic amines is 1. The number of carboxylic acids is 3. The third-order valence-corrected chi connectivity index (χ3v) is 3.71. The lowest BCUT2D eigenvalue weighted by Gasteiger charge is -2.17. The molecule has 0 aliphatic carbocycles. The second kappa shape index (κ2) is 10.7. The van der Waals surface area contributed by atoms with Crippen molar-refractivity contribution in [2.75, 3.05) is 0 Å². The fourth-order valence-corrected chi connectivity index (χ4v) is 2.43. The second-order valence-corrected chi connectivity index (χ2v) is 6.02. The number of H-pyrrole nitrogens is 1. The Balaban J connectivity index is 0.000000892. The fraction of sp³-hybridized carbons (Fsp3) is 0.333. The van der Waals surface area contributed by atoms with Crippen molar-refractivity contribution in [3.63, 3.8) is 0 Å². The molecule has 152 valence electrons. The van der Waals surface area contributed by atoms with Gasteiger partial charge in [0.05, 0.1) is 6.04 Å². The van der Waals surface area contributed by atoms with Gasteiger partial charge in [0, 0.05) is 30.4 Å². The number of nitrogens with one attached hydrogen (secondary N) is 2. The molecular weight excluding hydrogens is 370 g/mol. The van der Waals surface area contributed by atoms with Gasteiger partial charge in [-0.3, -0.25) is 14.4 Å². The van der Waals surface area contributed by atoms with Crippen molar-refractivity contribution in [2.45, 2.75) is 38.3 Å². The van der Waals surface area contributed by atoms with Gasteiger partial charge in [-0.1, -0.05) is 18.2 Å². The number of hydrogen-bond acceptors (Lipinski definition) is 5. The molecule has 0 unspecified atom stereocenters. The predicted octanol–water partition coefficient (Wildman–Crippen LogP) is 0.563. The van der Waals surface area contributed by atoms with E-state index in [9.17, 15) is 14.4 Å². The largest absolute Gasteiger partial charge is 0.481 e. The van der Waals surface area contributed by atoms with Gasteiger partial charge in [-0.15, -0.1) is 0 Å². The molecule has 0 saturated carbocycles. The van der Waals surface area contributed by atoms with E-state index in [1.165, 1.54) is 0 Å². The minimum absolute atomic E-state index is 0.198. The molecule has 0 fully saturated rings. The van der Waals surface area contributed by atoms with Gasteiger partial charge in [-0.2, -0.15) is 0 Å². The van der Waals surface area contributed by atoms with Crippen molar-refractivity contribution in [3.8, 4) is 0 Å². The summed E-state index contributed by atoms with van der Waals surface area (Å²) in [4.78, 5) is 45.8. The van der Waals surface area contributed by atoms with Crippen LogP contribution in [-0.2, 0) is 25.6 Å². The molecule has 1 heterocycles. The number of aliphatic carboxylic acids is 3. The molecule has 0 bridgehead atoms. The van der Waals surface area contributed by atoms with Crippen molar-refractivity contribution >= 4 is 34.7 Å². The first-order chi connectivity index (χ1) is 13.1. The highest BCUT2D eigenvalue weighted by Crippen LogP contribution is 2.18. The zero-order chi connectivity index (χ0) is 21.3. The lowest BCUT2D eigenvalue weighted by atomic mass is 10.0. The van der Waals surface area contributed by atoms with Crippen molar-refractivity contribution in [1.82, 2.24) is 10.3 Å². The smallest absolute Gasteiger partial charge is 0.326 e. The maximum absolute atomic E-state index is 12.1. The highest BCUT2D eigenvalue weighted by Gasteiger charge is 2.24. The highest BCUT2D eigenvalue weighted by atomic mass is 16.4. The summed E-state index contributed by atoms with van der Waals surface area (Å²) in [6, 6.07) is 5.35.